The van der Waals surface area contributed by atoms with Gasteiger partial charge in [0.05, 0.1) is 30.0 Å². The Morgan fingerprint density at radius 1 is 1.14 bits per heavy atom. The molecule has 2 heterocycles. The molecule has 8 heteroatoms. The minimum atomic E-state index is -0.515. The van der Waals surface area contributed by atoms with E-state index in [9.17, 15) is 14.9 Å². The fourth-order valence-electron chi connectivity index (χ4n) is 3.40. The van der Waals surface area contributed by atoms with E-state index in [2.05, 4.69) is 4.98 Å². The Morgan fingerprint density at radius 2 is 1.93 bits per heavy atom. The van der Waals surface area contributed by atoms with Crippen LogP contribution in [0, 0.1) is 10.1 Å². The summed E-state index contributed by atoms with van der Waals surface area (Å²) in [6.07, 6.45) is 2.61. The molecule has 1 aliphatic heterocycles. The highest BCUT2D eigenvalue weighted by Gasteiger charge is 2.22. The maximum atomic E-state index is 12.8. The van der Waals surface area contributed by atoms with Gasteiger partial charge in [0.2, 0.25) is 0 Å². The quantitative estimate of drug-likeness (QED) is 0.510. The number of rotatable bonds is 4. The van der Waals surface area contributed by atoms with E-state index in [4.69, 9.17) is 9.47 Å². The summed E-state index contributed by atoms with van der Waals surface area (Å²) in [6, 6.07) is 9.74. The first kappa shape index (κ1) is 17.7. The van der Waals surface area contributed by atoms with E-state index in [0.717, 1.165) is 11.1 Å². The van der Waals surface area contributed by atoms with Gasteiger partial charge in [0.1, 0.15) is 5.82 Å². The first-order chi connectivity index (χ1) is 13.5. The number of aromatic nitrogens is 2. The van der Waals surface area contributed by atoms with E-state index >= 15 is 0 Å². The summed E-state index contributed by atoms with van der Waals surface area (Å²) in [5.41, 5.74) is 1.89. The van der Waals surface area contributed by atoms with E-state index in [1.807, 2.05) is 24.3 Å². The number of methoxy groups -OCH3 is 2. The van der Waals surface area contributed by atoms with E-state index in [-0.39, 0.29) is 16.6 Å². The summed E-state index contributed by atoms with van der Waals surface area (Å²) in [5, 5.41) is 11.2. The van der Waals surface area contributed by atoms with Crippen LogP contribution in [-0.4, -0.2) is 28.7 Å². The highest BCUT2D eigenvalue weighted by Crippen LogP contribution is 2.32. The van der Waals surface area contributed by atoms with Gasteiger partial charge in [0.15, 0.2) is 11.5 Å². The number of nitro benzene ring substituents is 1. The molecule has 142 valence electrons. The van der Waals surface area contributed by atoms with E-state index < -0.39 is 4.92 Å². The number of non-ortho nitro benzene ring substituents is 1. The van der Waals surface area contributed by atoms with Crippen molar-refractivity contribution in [2.45, 2.75) is 13.0 Å². The van der Waals surface area contributed by atoms with Crippen LogP contribution in [0.25, 0.3) is 22.6 Å². The van der Waals surface area contributed by atoms with Gasteiger partial charge >= 0.3 is 0 Å². The molecule has 0 aliphatic carbocycles. The number of hydrogen-bond acceptors (Lipinski definition) is 6. The van der Waals surface area contributed by atoms with Crippen LogP contribution < -0.4 is 15.0 Å². The standard InChI is InChI=1S/C20H17N3O5/c1-27-17-6-3-12(10-18(17)28-2)9-13-7-8-22-19(13)21-16-5-4-14(23(25)26)11-15(16)20(22)24/h3-6,9-11H,7-8H2,1-2H3/b13-9+. The molecule has 0 spiro atoms. The minimum absolute atomic E-state index is 0.119. The third-order valence-electron chi connectivity index (χ3n) is 4.79. The van der Waals surface area contributed by atoms with Crippen LogP contribution in [0.1, 0.15) is 17.8 Å². The van der Waals surface area contributed by atoms with Crippen molar-refractivity contribution in [1.82, 2.24) is 9.55 Å². The second kappa shape index (κ2) is 6.80. The van der Waals surface area contributed by atoms with Gasteiger partial charge in [0, 0.05) is 18.7 Å². The zero-order valence-corrected chi connectivity index (χ0v) is 15.3. The van der Waals surface area contributed by atoms with Crippen LogP contribution in [-0.2, 0) is 6.54 Å². The van der Waals surface area contributed by atoms with Crippen molar-refractivity contribution in [2.75, 3.05) is 14.2 Å². The number of nitro groups is 1. The predicted octanol–water partition coefficient (Wildman–Crippen LogP) is 3.27. The second-order valence-electron chi connectivity index (χ2n) is 6.38. The lowest BCUT2D eigenvalue weighted by molar-refractivity contribution is -0.384. The molecule has 0 fully saturated rings. The van der Waals surface area contributed by atoms with E-state index in [0.29, 0.717) is 35.8 Å². The molecule has 0 amide bonds. The number of allylic oxidation sites excluding steroid dienone is 1. The number of benzene rings is 2. The van der Waals surface area contributed by atoms with Gasteiger partial charge in [-0.15, -0.1) is 0 Å². The monoisotopic (exact) mass is 379 g/mol. The van der Waals surface area contributed by atoms with Gasteiger partial charge in [-0.1, -0.05) is 6.07 Å². The van der Waals surface area contributed by atoms with Crippen LogP contribution in [0.5, 0.6) is 11.5 Å². The lowest BCUT2D eigenvalue weighted by Gasteiger charge is -2.08. The molecule has 0 N–H and O–H groups in total. The second-order valence-corrected chi connectivity index (χ2v) is 6.38. The molecule has 0 saturated carbocycles. The molecule has 8 nitrogen and oxygen atoms in total. The maximum absolute atomic E-state index is 12.8. The van der Waals surface area contributed by atoms with Gasteiger partial charge in [-0.05, 0) is 41.8 Å². The average Bonchev–Trinajstić information content (AvgIpc) is 3.10. The van der Waals surface area contributed by atoms with Crippen molar-refractivity contribution >= 4 is 28.2 Å². The number of nitrogens with zero attached hydrogens (tertiary/aromatic N) is 3. The molecule has 28 heavy (non-hydrogen) atoms. The molecule has 0 atom stereocenters. The molecule has 2 aromatic carbocycles. The molecular formula is C20H17N3O5. The van der Waals surface area contributed by atoms with Crippen LogP contribution in [0.15, 0.2) is 41.2 Å². The predicted molar refractivity (Wildman–Crippen MR) is 105 cm³/mol. The van der Waals surface area contributed by atoms with Crippen LogP contribution in [0.4, 0.5) is 5.69 Å². The lowest BCUT2D eigenvalue weighted by atomic mass is 10.1. The zero-order chi connectivity index (χ0) is 19.8. The van der Waals surface area contributed by atoms with Crippen molar-refractivity contribution < 1.29 is 14.4 Å². The SMILES string of the molecule is COc1ccc(/C=C2\CCn3c2nc2ccc([N+](=O)[O-])cc2c3=O)cc1OC. The van der Waals surface area contributed by atoms with Gasteiger partial charge in [-0.25, -0.2) is 4.98 Å². The summed E-state index contributed by atoms with van der Waals surface area (Å²) in [6.45, 7) is 0.485. The normalized spacial score (nSPS) is 14.3. The van der Waals surface area contributed by atoms with Crippen LogP contribution >= 0.6 is 0 Å². The topological polar surface area (TPSA) is 96.5 Å². The fourth-order valence-corrected chi connectivity index (χ4v) is 3.40. The largest absolute Gasteiger partial charge is 0.493 e. The van der Waals surface area contributed by atoms with E-state index in [1.54, 1.807) is 18.8 Å². The van der Waals surface area contributed by atoms with Crippen molar-refractivity contribution in [2.24, 2.45) is 0 Å². The van der Waals surface area contributed by atoms with Crippen molar-refractivity contribution in [3.63, 3.8) is 0 Å². The summed E-state index contributed by atoms with van der Waals surface area (Å²) >= 11 is 0. The van der Waals surface area contributed by atoms with Gasteiger partial charge in [-0.3, -0.25) is 19.5 Å². The Kier molecular flexibility index (Phi) is 4.31. The lowest BCUT2D eigenvalue weighted by Crippen LogP contribution is -2.20. The third kappa shape index (κ3) is 2.88. The number of hydrogen-bond donors (Lipinski definition) is 0. The molecule has 0 radical (unpaired) electrons. The molecule has 4 rings (SSSR count). The van der Waals surface area contributed by atoms with Crippen molar-refractivity contribution in [3.05, 3.63) is 68.3 Å². The third-order valence-corrected chi connectivity index (χ3v) is 4.79. The molecular weight excluding hydrogens is 362 g/mol. The Morgan fingerprint density at radius 3 is 2.64 bits per heavy atom. The Hall–Kier alpha value is -3.68. The minimum Gasteiger partial charge on any atom is -0.493 e. The van der Waals surface area contributed by atoms with Gasteiger partial charge < -0.3 is 9.47 Å². The maximum Gasteiger partial charge on any atom is 0.270 e. The van der Waals surface area contributed by atoms with Crippen LogP contribution in [0.2, 0.25) is 0 Å². The Bertz CT molecular complexity index is 1200. The molecule has 3 aromatic rings. The van der Waals surface area contributed by atoms with Crippen LogP contribution in [0.3, 0.4) is 0 Å². The highest BCUT2D eigenvalue weighted by atomic mass is 16.6. The van der Waals surface area contributed by atoms with Gasteiger partial charge in [0.25, 0.3) is 11.2 Å². The molecule has 0 unspecified atom stereocenters. The molecule has 1 aromatic heterocycles. The summed E-state index contributed by atoms with van der Waals surface area (Å²) in [7, 11) is 3.15. The van der Waals surface area contributed by atoms with Crippen molar-refractivity contribution in [1.29, 1.82) is 0 Å². The molecule has 1 aliphatic rings. The summed E-state index contributed by atoms with van der Waals surface area (Å²) in [5.74, 6) is 1.84. The van der Waals surface area contributed by atoms with E-state index in [1.165, 1.54) is 18.2 Å². The Balaban J connectivity index is 1.82. The van der Waals surface area contributed by atoms with Crippen molar-refractivity contribution in [3.8, 4) is 11.5 Å². The average molecular weight is 379 g/mol. The fraction of sp³-hybridized carbons (Fsp3) is 0.200. The summed E-state index contributed by atoms with van der Waals surface area (Å²) in [4.78, 5) is 27.9. The first-order valence-corrected chi connectivity index (χ1v) is 8.64. The number of ether oxygens (including phenoxy) is 2. The summed E-state index contributed by atoms with van der Waals surface area (Å²) < 4.78 is 12.2. The first-order valence-electron chi connectivity index (χ1n) is 8.64. The van der Waals surface area contributed by atoms with Gasteiger partial charge in [-0.2, -0.15) is 0 Å². The highest BCUT2D eigenvalue weighted by molar-refractivity contribution is 5.86. The molecule has 0 bridgehead atoms. The number of fused-ring (bicyclic) bond motifs is 2. The zero-order valence-electron chi connectivity index (χ0n) is 15.3. The molecule has 0 saturated heterocycles. The smallest absolute Gasteiger partial charge is 0.270 e. The Labute approximate surface area is 159 Å².